The van der Waals surface area contributed by atoms with Gasteiger partial charge in [-0.15, -0.1) is 5.10 Å². The van der Waals surface area contributed by atoms with Crippen molar-refractivity contribution in [2.24, 2.45) is 0 Å². The molecule has 3 aromatic heterocycles. The molecule has 1 amide bonds. The van der Waals surface area contributed by atoms with E-state index in [2.05, 4.69) is 20.4 Å². The summed E-state index contributed by atoms with van der Waals surface area (Å²) in [5, 5.41) is 6.93. The van der Waals surface area contributed by atoms with E-state index >= 15 is 0 Å². The summed E-state index contributed by atoms with van der Waals surface area (Å²) < 4.78 is 18.7. The van der Waals surface area contributed by atoms with Crippen LogP contribution in [0.2, 0.25) is 0 Å². The standard InChI is InChI=1S/C33H29N7O5/c1-43-27-14-11-22(16-28(27)44-2)23-15-25(29(34)35-17-23)21-9-12-24(13-10-21)36-30(41)26-19-39(18-20-7-5-4-6-8-20)33-37-32(45-3)38-40(33)31(26)42/h4-17,19H,18H2,1-3H3,(H2,34,35)(H,36,41). The second-order valence-corrected chi connectivity index (χ2v) is 10.0. The molecule has 0 atom stereocenters. The molecule has 0 aliphatic carbocycles. The van der Waals surface area contributed by atoms with E-state index in [0.29, 0.717) is 29.5 Å². The van der Waals surface area contributed by atoms with Crippen molar-refractivity contribution in [2.75, 3.05) is 32.4 Å². The number of anilines is 2. The van der Waals surface area contributed by atoms with Crippen molar-refractivity contribution in [3.8, 4) is 39.8 Å². The van der Waals surface area contributed by atoms with Gasteiger partial charge in [-0.2, -0.15) is 9.50 Å². The topological polar surface area (TPSA) is 148 Å². The minimum Gasteiger partial charge on any atom is -0.493 e. The van der Waals surface area contributed by atoms with Crippen LogP contribution in [0, 0.1) is 0 Å². The monoisotopic (exact) mass is 603 g/mol. The summed E-state index contributed by atoms with van der Waals surface area (Å²) in [6, 6.07) is 24.3. The van der Waals surface area contributed by atoms with Gasteiger partial charge < -0.3 is 29.8 Å². The highest BCUT2D eigenvalue weighted by Crippen LogP contribution is 2.35. The first-order valence-corrected chi connectivity index (χ1v) is 13.9. The number of rotatable bonds is 9. The largest absolute Gasteiger partial charge is 0.493 e. The Bertz CT molecular complexity index is 2070. The van der Waals surface area contributed by atoms with Crippen molar-refractivity contribution in [1.29, 1.82) is 0 Å². The number of fused-ring (bicyclic) bond motifs is 1. The number of carbonyl (C=O) groups excluding carboxylic acids is 1. The van der Waals surface area contributed by atoms with Crippen LogP contribution in [-0.2, 0) is 6.54 Å². The first-order chi connectivity index (χ1) is 21.9. The van der Waals surface area contributed by atoms with Crippen LogP contribution in [0.3, 0.4) is 0 Å². The molecule has 12 heteroatoms. The molecule has 3 aromatic carbocycles. The fourth-order valence-corrected chi connectivity index (χ4v) is 4.94. The Labute approximate surface area is 257 Å². The smallest absolute Gasteiger partial charge is 0.337 e. The number of pyridine rings is 1. The Balaban J connectivity index is 1.28. The van der Waals surface area contributed by atoms with Crippen molar-refractivity contribution in [3.63, 3.8) is 0 Å². The second kappa shape index (κ2) is 12.2. The molecule has 0 aliphatic heterocycles. The number of amides is 1. The molecule has 226 valence electrons. The number of benzene rings is 3. The van der Waals surface area contributed by atoms with Crippen molar-refractivity contribution < 1.29 is 19.0 Å². The van der Waals surface area contributed by atoms with Gasteiger partial charge >= 0.3 is 6.01 Å². The highest BCUT2D eigenvalue weighted by Gasteiger charge is 2.20. The number of methoxy groups -OCH3 is 3. The number of nitrogen functional groups attached to an aromatic ring is 1. The van der Waals surface area contributed by atoms with Gasteiger partial charge in [-0.25, -0.2) is 4.98 Å². The number of ether oxygens (including phenoxy) is 3. The number of nitrogens with zero attached hydrogens (tertiary/aromatic N) is 5. The number of hydrogen-bond acceptors (Lipinski definition) is 9. The molecule has 0 saturated heterocycles. The van der Waals surface area contributed by atoms with Gasteiger partial charge in [-0.05, 0) is 47.0 Å². The fraction of sp³-hybridized carbons (Fsp3) is 0.121. The maximum absolute atomic E-state index is 13.4. The first kappa shape index (κ1) is 28.9. The van der Waals surface area contributed by atoms with Crippen LogP contribution in [0.15, 0.2) is 96.1 Å². The minimum atomic E-state index is -0.620. The lowest BCUT2D eigenvalue weighted by atomic mass is 10.0. The van der Waals surface area contributed by atoms with E-state index in [4.69, 9.17) is 19.9 Å². The number of hydrogen-bond donors (Lipinski definition) is 2. The van der Waals surface area contributed by atoms with E-state index < -0.39 is 11.5 Å². The quantitative estimate of drug-likeness (QED) is 0.243. The van der Waals surface area contributed by atoms with E-state index in [1.54, 1.807) is 37.1 Å². The van der Waals surface area contributed by atoms with Crippen LogP contribution in [-0.4, -0.2) is 51.4 Å². The van der Waals surface area contributed by atoms with Gasteiger partial charge in [0.15, 0.2) is 11.5 Å². The zero-order valence-electron chi connectivity index (χ0n) is 24.7. The average Bonchev–Trinajstić information content (AvgIpc) is 3.52. The lowest BCUT2D eigenvalue weighted by Crippen LogP contribution is -2.29. The SMILES string of the molecule is COc1nc2n(Cc3ccccc3)cc(C(=O)Nc3ccc(-c4cc(-c5ccc(OC)c(OC)c5)cnc4N)cc3)c(=O)n2n1. The summed E-state index contributed by atoms with van der Waals surface area (Å²) in [6.07, 6.45) is 3.18. The van der Waals surface area contributed by atoms with Crippen LogP contribution in [0.25, 0.3) is 28.0 Å². The molecule has 0 aliphatic rings. The molecule has 0 fully saturated rings. The molecular formula is C33H29N7O5. The van der Waals surface area contributed by atoms with Gasteiger partial charge in [0.05, 0.1) is 27.9 Å². The van der Waals surface area contributed by atoms with Gasteiger partial charge in [0.1, 0.15) is 11.4 Å². The molecule has 3 N–H and O–H groups in total. The van der Waals surface area contributed by atoms with E-state index in [1.807, 2.05) is 66.7 Å². The highest BCUT2D eigenvalue weighted by molar-refractivity contribution is 6.04. The fourth-order valence-electron chi connectivity index (χ4n) is 4.94. The predicted molar refractivity (Wildman–Crippen MR) is 170 cm³/mol. The molecule has 3 heterocycles. The van der Waals surface area contributed by atoms with Gasteiger partial charge in [0.2, 0.25) is 5.78 Å². The molecule has 12 nitrogen and oxygen atoms in total. The molecule has 45 heavy (non-hydrogen) atoms. The summed E-state index contributed by atoms with van der Waals surface area (Å²) in [5.41, 5.74) is 10.2. The lowest BCUT2D eigenvalue weighted by molar-refractivity contribution is 0.102. The summed E-state index contributed by atoms with van der Waals surface area (Å²) in [5.74, 6) is 1.23. The van der Waals surface area contributed by atoms with Gasteiger partial charge in [0.25, 0.3) is 11.5 Å². The van der Waals surface area contributed by atoms with Crippen molar-refractivity contribution >= 4 is 23.2 Å². The molecule has 0 bridgehead atoms. The zero-order valence-corrected chi connectivity index (χ0v) is 24.7. The van der Waals surface area contributed by atoms with Crippen LogP contribution >= 0.6 is 0 Å². The molecule has 0 spiro atoms. The second-order valence-electron chi connectivity index (χ2n) is 10.0. The zero-order chi connectivity index (χ0) is 31.5. The van der Waals surface area contributed by atoms with E-state index in [0.717, 1.165) is 32.3 Å². The Morgan fingerprint density at radius 1 is 0.867 bits per heavy atom. The third kappa shape index (κ3) is 5.76. The molecular weight excluding hydrogens is 574 g/mol. The number of nitrogens with two attached hydrogens (primary N) is 1. The van der Waals surface area contributed by atoms with Crippen LogP contribution in [0.1, 0.15) is 15.9 Å². The first-order valence-electron chi connectivity index (χ1n) is 13.9. The molecule has 0 saturated carbocycles. The summed E-state index contributed by atoms with van der Waals surface area (Å²) >= 11 is 0. The van der Waals surface area contributed by atoms with E-state index in [1.165, 1.54) is 13.3 Å². The van der Waals surface area contributed by atoms with E-state index in [9.17, 15) is 9.59 Å². The Kier molecular flexibility index (Phi) is 7.85. The van der Waals surface area contributed by atoms with Crippen molar-refractivity contribution in [3.05, 3.63) is 113 Å². The average molecular weight is 604 g/mol. The molecule has 6 aromatic rings. The lowest BCUT2D eigenvalue weighted by Gasteiger charge is -2.12. The third-order valence-corrected chi connectivity index (χ3v) is 7.25. The van der Waals surface area contributed by atoms with Gasteiger partial charge in [-0.3, -0.25) is 9.59 Å². The maximum atomic E-state index is 13.4. The maximum Gasteiger partial charge on any atom is 0.337 e. The molecule has 6 rings (SSSR count). The van der Waals surface area contributed by atoms with Gasteiger partial charge in [0, 0.05) is 29.2 Å². The van der Waals surface area contributed by atoms with Crippen molar-refractivity contribution in [1.82, 2.24) is 24.1 Å². The van der Waals surface area contributed by atoms with Crippen molar-refractivity contribution in [2.45, 2.75) is 6.54 Å². The van der Waals surface area contributed by atoms with Crippen LogP contribution in [0.5, 0.6) is 17.5 Å². The number of nitrogens with one attached hydrogen (secondary N) is 1. The Morgan fingerprint density at radius 2 is 1.60 bits per heavy atom. The predicted octanol–water partition coefficient (Wildman–Crippen LogP) is 4.53. The van der Waals surface area contributed by atoms with E-state index in [-0.39, 0.29) is 17.4 Å². The Hall–Kier alpha value is -6.17. The number of carbonyl (C=O) groups is 1. The molecule has 0 unspecified atom stereocenters. The third-order valence-electron chi connectivity index (χ3n) is 7.25. The number of aromatic nitrogens is 5. The normalized spacial score (nSPS) is 10.9. The van der Waals surface area contributed by atoms with Crippen LogP contribution < -0.4 is 30.8 Å². The summed E-state index contributed by atoms with van der Waals surface area (Å²) in [4.78, 5) is 35.4. The molecule has 0 radical (unpaired) electrons. The highest BCUT2D eigenvalue weighted by atomic mass is 16.5. The van der Waals surface area contributed by atoms with Gasteiger partial charge in [-0.1, -0.05) is 48.5 Å². The summed E-state index contributed by atoms with van der Waals surface area (Å²) in [6.45, 7) is 0.360. The minimum absolute atomic E-state index is 0.0195. The Morgan fingerprint density at radius 3 is 2.31 bits per heavy atom. The summed E-state index contributed by atoms with van der Waals surface area (Å²) in [7, 11) is 4.58. The van der Waals surface area contributed by atoms with Crippen LogP contribution in [0.4, 0.5) is 11.5 Å².